The number of carbonyl (C=O) groups excluding carboxylic acids is 2. The summed E-state index contributed by atoms with van der Waals surface area (Å²) in [7, 11) is 0. The van der Waals surface area contributed by atoms with E-state index < -0.39 is 5.97 Å². The summed E-state index contributed by atoms with van der Waals surface area (Å²) in [5, 5.41) is 11.0. The largest absolute Gasteiger partial charge is 0.480 e. The van der Waals surface area contributed by atoms with Crippen LogP contribution in [0.1, 0.15) is 6.92 Å². The Morgan fingerprint density at radius 2 is 1.76 bits per heavy atom. The van der Waals surface area contributed by atoms with Crippen molar-refractivity contribution >= 4 is 18.1 Å². The summed E-state index contributed by atoms with van der Waals surface area (Å²) in [6, 6.07) is -0.252. The third-order valence-electron chi connectivity index (χ3n) is 2.84. The van der Waals surface area contributed by atoms with E-state index in [9.17, 15) is 14.4 Å². The number of ether oxygens (including phenoxy) is 2. The van der Waals surface area contributed by atoms with Crippen LogP contribution in [-0.4, -0.2) is 85.5 Å². The average Bonchev–Trinajstić information content (AvgIpc) is 2.46. The summed E-state index contributed by atoms with van der Waals surface area (Å²) in [6.07, 6.45) is -0.361. The number of nitrogens with one attached hydrogen (secondary N) is 1. The second-order valence-electron chi connectivity index (χ2n) is 4.35. The minimum Gasteiger partial charge on any atom is -0.480 e. The molecular formula is C12H21N3O6. The lowest BCUT2D eigenvalue weighted by atomic mass is 10.3. The highest BCUT2D eigenvalue weighted by Gasteiger charge is 2.24. The Balaban J connectivity index is 2.17. The van der Waals surface area contributed by atoms with Crippen LogP contribution in [-0.2, 0) is 14.3 Å². The Morgan fingerprint density at radius 1 is 1.14 bits per heavy atom. The quantitative estimate of drug-likeness (QED) is 0.645. The van der Waals surface area contributed by atoms with Crippen LogP contribution in [0.2, 0.25) is 0 Å². The van der Waals surface area contributed by atoms with Crippen LogP contribution in [0.3, 0.4) is 0 Å². The first-order valence-corrected chi connectivity index (χ1v) is 6.78. The number of hydrogen-bond donors (Lipinski definition) is 2. The van der Waals surface area contributed by atoms with Crippen molar-refractivity contribution in [3.05, 3.63) is 0 Å². The SMILES string of the molecule is CCOC(=O)N1CCN(C(=O)NCCOCC(=O)O)CC1. The summed E-state index contributed by atoms with van der Waals surface area (Å²) in [5.41, 5.74) is 0. The van der Waals surface area contributed by atoms with Crippen LogP contribution >= 0.6 is 0 Å². The molecule has 1 fully saturated rings. The molecule has 9 heteroatoms. The molecule has 1 aliphatic rings. The maximum absolute atomic E-state index is 11.8. The molecule has 1 aliphatic heterocycles. The molecule has 0 radical (unpaired) electrons. The van der Waals surface area contributed by atoms with E-state index in [4.69, 9.17) is 14.6 Å². The Bertz CT molecular complexity index is 368. The van der Waals surface area contributed by atoms with Gasteiger partial charge in [0.25, 0.3) is 0 Å². The molecule has 1 heterocycles. The second kappa shape index (κ2) is 9.01. The van der Waals surface area contributed by atoms with Gasteiger partial charge in [-0.3, -0.25) is 0 Å². The van der Waals surface area contributed by atoms with E-state index in [0.717, 1.165) is 0 Å². The molecule has 2 N–H and O–H groups in total. The molecule has 0 aliphatic carbocycles. The van der Waals surface area contributed by atoms with Crippen molar-refractivity contribution < 1.29 is 29.0 Å². The van der Waals surface area contributed by atoms with Crippen molar-refractivity contribution in [3.8, 4) is 0 Å². The van der Waals surface area contributed by atoms with E-state index in [1.807, 2.05) is 0 Å². The maximum Gasteiger partial charge on any atom is 0.409 e. The molecular weight excluding hydrogens is 282 g/mol. The van der Waals surface area contributed by atoms with Gasteiger partial charge in [0.15, 0.2) is 0 Å². The Kier molecular flexibility index (Phi) is 7.30. The van der Waals surface area contributed by atoms with Crippen molar-refractivity contribution in [1.29, 1.82) is 0 Å². The molecule has 21 heavy (non-hydrogen) atoms. The molecule has 0 aromatic rings. The third-order valence-corrected chi connectivity index (χ3v) is 2.84. The fraction of sp³-hybridized carbons (Fsp3) is 0.750. The molecule has 0 bridgehead atoms. The molecule has 0 atom stereocenters. The van der Waals surface area contributed by atoms with Gasteiger partial charge in [0.1, 0.15) is 6.61 Å². The first-order chi connectivity index (χ1) is 10.0. The number of urea groups is 1. The summed E-state index contributed by atoms with van der Waals surface area (Å²) in [4.78, 5) is 36.7. The Morgan fingerprint density at radius 3 is 2.33 bits per heavy atom. The van der Waals surface area contributed by atoms with Gasteiger partial charge in [0, 0.05) is 32.7 Å². The summed E-state index contributed by atoms with van der Waals surface area (Å²) < 4.78 is 9.70. The van der Waals surface area contributed by atoms with Gasteiger partial charge in [0.05, 0.1) is 13.2 Å². The zero-order chi connectivity index (χ0) is 15.7. The number of rotatable bonds is 6. The van der Waals surface area contributed by atoms with Gasteiger partial charge in [-0.25, -0.2) is 14.4 Å². The van der Waals surface area contributed by atoms with E-state index in [0.29, 0.717) is 32.8 Å². The molecule has 0 aromatic heterocycles. The van der Waals surface area contributed by atoms with Crippen LogP contribution < -0.4 is 5.32 Å². The standard InChI is InChI=1S/C12H21N3O6/c1-2-21-12(19)15-6-4-14(5-7-15)11(18)13-3-8-20-9-10(16)17/h2-9H2,1H3,(H,13,18)(H,16,17). The lowest BCUT2D eigenvalue weighted by Crippen LogP contribution is -2.53. The lowest BCUT2D eigenvalue weighted by molar-refractivity contribution is -0.142. The normalized spacial score (nSPS) is 14.7. The van der Waals surface area contributed by atoms with Crippen molar-refractivity contribution in [2.45, 2.75) is 6.92 Å². The van der Waals surface area contributed by atoms with E-state index in [2.05, 4.69) is 5.32 Å². The number of hydrogen-bond acceptors (Lipinski definition) is 5. The van der Waals surface area contributed by atoms with Crippen molar-refractivity contribution in [2.75, 3.05) is 52.5 Å². The first-order valence-electron chi connectivity index (χ1n) is 6.78. The molecule has 1 saturated heterocycles. The fourth-order valence-electron chi connectivity index (χ4n) is 1.81. The molecule has 120 valence electrons. The van der Waals surface area contributed by atoms with Gasteiger partial charge in [-0.2, -0.15) is 0 Å². The zero-order valence-electron chi connectivity index (χ0n) is 12.0. The topological polar surface area (TPSA) is 108 Å². The van der Waals surface area contributed by atoms with Crippen molar-refractivity contribution in [1.82, 2.24) is 15.1 Å². The van der Waals surface area contributed by atoms with E-state index >= 15 is 0 Å². The number of carbonyl (C=O) groups is 3. The van der Waals surface area contributed by atoms with Gasteiger partial charge < -0.3 is 29.7 Å². The minimum atomic E-state index is -1.04. The first kappa shape index (κ1) is 17.0. The van der Waals surface area contributed by atoms with Crippen LogP contribution in [0.25, 0.3) is 0 Å². The third kappa shape index (κ3) is 6.30. The number of carboxylic acids is 1. The highest BCUT2D eigenvalue weighted by Crippen LogP contribution is 2.03. The number of piperazine rings is 1. The summed E-state index contributed by atoms with van der Waals surface area (Å²) in [5.74, 6) is -1.04. The Hall–Kier alpha value is -2.03. The number of carboxylic acid groups (broad SMARTS) is 1. The smallest absolute Gasteiger partial charge is 0.409 e. The second-order valence-corrected chi connectivity index (χ2v) is 4.35. The molecule has 9 nitrogen and oxygen atoms in total. The molecule has 0 spiro atoms. The van der Waals surface area contributed by atoms with Crippen molar-refractivity contribution in [3.63, 3.8) is 0 Å². The van der Waals surface area contributed by atoms with E-state index in [1.54, 1.807) is 16.7 Å². The molecule has 3 amide bonds. The van der Waals surface area contributed by atoms with Gasteiger partial charge in [0.2, 0.25) is 0 Å². The van der Waals surface area contributed by atoms with E-state index in [-0.39, 0.29) is 31.9 Å². The predicted octanol–water partition coefficient (Wildman–Crippen LogP) is -0.429. The molecule has 0 unspecified atom stereocenters. The average molecular weight is 303 g/mol. The van der Waals surface area contributed by atoms with E-state index in [1.165, 1.54) is 0 Å². The number of nitrogens with zero attached hydrogens (tertiary/aromatic N) is 2. The van der Waals surface area contributed by atoms with Gasteiger partial charge in [-0.05, 0) is 6.92 Å². The number of amides is 3. The van der Waals surface area contributed by atoms with Gasteiger partial charge in [-0.1, -0.05) is 0 Å². The zero-order valence-corrected chi connectivity index (χ0v) is 12.0. The molecule has 0 saturated carbocycles. The highest BCUT2D eigenvalue weighted by atomic mass is 16.6. The van der Waals surface area contributed by atoms with Crippen LogP contribution in [0.4, 0.5) is 9.59 Å². The fourth-order valence-corrected chi connectivity index (χ4v) is 1.81. The predicted molar refractivity (Wildman–Crippen MR) is 72.0 cm³/mol. The molecule has 0 aromatic carbocycles. The minimum absolute atomic E-state index is 0.140. The summed E-state index contributed by atoms with van der Waals surface area (Å²) in [6.45, 7) is 3.80. The number of aliphatic carboxylic acids is 1. The van der Waals surface area contributed by atoms with Crippen molar-refractivity contribution in [2.24, 2.45) is 0 Å². The van der Waals surface area contributed by atoms with Gasteiger partial charge >= 0.3 is 18.1 Å². The van der Waals surface area contributed by atoms with Gasteiger partial charge in [-0.15, -0.1) is 0 Å². The van der Waals surface area contributed by atoms with Crippen LogP contribution in [0, 0.1) is 0 Å². The molecule has 1 rings (SSSR count). The van der Waals surface area contributed by atoms with Crippen LogP contribution in [0.5, 0.6) is 0 Å². The monoisotopic (exact) mass is 303 g/mol. The highest BCUT2D eigenvalue weighted by molar-refractivity contribution is 5.75. The van der Waals surface area contributed by atoms with Crippen LogP contribution in [0.15, 0.2) is 0 Å². The maximum atomic E-state index is 11.8. The summed E-state index contributed by atoms with van der Waals surface area (Å²) >= 11 is 0. The lowest BCUT2D eigenvalue weighted by Gasteiger charge is -2.33. The Labute approximate surface area is 122 Å².